The molecule has 1 atom stereocenters. The number of likely N-dealkylation sites (tertiary alicyclic amines) is 2. The maximum atomic E-state index is 13.4. The smallest absolute Gasteiger partial charge is 0.244 e. The predicted octanol–water partition coefficient (Wildman–Crippen LogP) is 2.74. The molecule has 1 amide bonds. The van der Waals surface area contributed by atoms with Crippen LogP contribution in [0.15, 0.2) is 43.0 Å². The second-order valence-corrected chi connectivity index (χ2v) is 7.76. The van der Waals surface area contributed by atoms with Crippen LogP contribution in [0.5, 0.6) is 0 Å². The van der Waals surface area contributed by atoms with E-state index < -0.39 is 0 Å². The number of rotatable bonds is 6. The Morgan fingerprint density at radius 1 is 1.11 bits per heavy atom. The minimum Gasteiger partial charge on any atom is -0.341 e. The second kappa shape index (κ2) is 8.65. The molecule has 2 aromatic heterocycles. The predicted molar refractivity (Wildman–Crippen MR) is 104 cm³/mol. The second-order valence-electron chi connectivity index (χ2n) is 7.76. The first-order valence-electron chi connectivity index (χ1n) is 10.2. The van der Waals surface area contributed by atoms with Crippen LogP contribution in [0.2, 0.25) is 0 Å². The molecule has 2 saturated heterocycles. The van der Waals surface area contributed by atoms with E-state index >= 15 is 0 Å². The molecular formula is C21H29N5O. The van der Waals surface area contributed by atoms with E-state index in [1.165, 1.54) is 12.8 Å². The summed E-state index contributed by atoms with van der Waals surface area (Å²) in [6.07, 6.45) is 13.2. The highest BCUT2D eigenvalue weighted by atomic mass is 16.2. The summed E-state index contributed by atoms with van der Waals surface area (Å²) < 4.78 is 2.00. The molecule has 0 saturated carbocycles. The van der Waals surface area contributed by atoms with Crippen LogP contribution in [0.4, 0.5) is 0 Å². The average Bonchev–Trinajstić information content (AvgIpc) is 3.42. The van der Waals surface area contributed by atoms with Crippen molar-refractivity contribution in [3.8, 4) is 0 Å². The maximum Gasteiger partial charge on any atom is 0.244 e. The lowest BCUT2D eigenvalue weighted by molar-refractivity contribution is -0.138. The van der Waals surface area contributed by atoms with Gasteiger partial charge in [-0.25, -0.2) is 0 Å². The Labute approximate surface area is 161 Å². The number of hydrogen-bond acceptors (Lipinski definition) is 4. The molecule has 6 nitrogen and oxygen atoms in total. The van der Waals surface area contributed by atoms with Crippen LogP contribution >= 0.6 is 0 Å². The molecule has 0 radical (unpaired) electrons. The summed E-state index contributed by atoms with van der Waals surface area (Å²) in [5, 5.41) is 4.29. The zero-order chi connectivity index (χ0) is 18.5. The Morgan fingerprint density at radius 3 is 2.59 bits per heavy atom. The lowest BCUT2D eigenvalue weighted by atomic mass is 9.92. The first-order chi connectivity index (χ1) is 13.3. The molecule has 4 heterocycles. The number of nitrogens with zero attached hydrogens (tertiary/aromatic N) is 5. The third-order valence-electron chi connectivity index (χ3n) is 5.99. The molecule has 2 aliphatic rings. The molecule has 27 heavy (non-hydrogen) atoms. The van der Waals surface area contributed by atoms with Crippen molar-refractivity contribution in [3.63, 3.8) is 0 Å². The molecule has 144 valence electrons. The topological polar surface area (TPSA) is 54.3 Å². The van der Waals surface area contributed by atoms with E-state index in [9.17, 15) is 4.79 Å². The van der Waals surface area contributed by atoms with E-state index in [1.807, 2.05) is 41.5 Å². The number of carbonyl (C=O) groups is 1. The highest BCUT2D eigenvalue weighted by Gasteiger charge is 2.34. The summed E-state index contributed by atoms with van der Waals surface area (Å²) in [5.74, 6) is 0.942. The van der Waals surface area contributed by atoms with Crippen LogP contribution in [-0.4, -0.2) is 56.7 Å². The number of pyridine rings is 1. The number of hydrogen-bond donors (Lipinski definition) is 0. The Hall–Kier alpha value is -2.21. The molecule has 4 rings (SSSR count). The quantitative estimate of drug-likeness (QED) is 0.788. The Kier molecular flexibility index (Phi) is 5.82. The highest BCUT2D eigenvalue weighted by molar-refractivity contribution is 5.83. The third kappa shape index (κ3) is 4.38. The Morgan fingerprint density at radius 2 is 1.93 bits per heavy atom. The number of aryl methyl sites for hydroxylation is 1. The van der Waals surface area contributed by atoms with Crippen molar-refractivity contribution in [2.24, 2.45) is 5.92 Å². The molecule has 6 heteroatoms. The normalized spacial score (nSPS) is 20.1. The van der Waals surface area contributed by atoms with Gasteiger partial charge in [-0.2, -0.15) is 5.10 Å². The molecule has 0 unspecified atom stereocenters. The van der Waals surface area contributed by atoms with Gasteiger partial charge in [0.25, 0.3) is 0 Å². The van der Waals surface area contributed by atoms with Crippen LogP contribution in [0.25, 0.3) is 0 Å². The van der Waals surface area contributed by atoms with Crippen LogP contribution in [0.3, 0.4) is 0 Å². The van der Waals surface area contributed by atoms with Crippen LogP contribution < -0.4 is 0 Å². The standard InChI is InChI=1S/C21H29N5O/c27-21(20(24-11-1-2-12-24)19-5-3-9-22-17-19)25-14-6-18(7-15-25)8-16-26-13-4-10-23-26/h3-5,9-10,13,17-18,20H,1-2,6-8,11-12,14-16H2/t20-/m1/s1. The van der Waals surface area contributed by atoms with Gasteiger partial charge < -0.3 is 4.90 Å². The van der Waals surface area contributed by atoms with Gasteiger partial charge in [0.2, 0.25) is 5.91 Å². The first kappa shape index (κ1) is 18.2. The summed E-state index contributed by atoms with van der Waals surface area (Å²) in [6.45, 7) is 4.72. The molecule has 0 aromatic carbocycles. The number of aromatic nitrogens is 3. The SMILES string of the molecule is O=C([C@@H](c1cccnc1)N1CCCC1)N1CCC(CCn2cccn2)CC1. The molecule has 0 N–H and O–H groups in total. The lowest BCUT2D eigenvalue weighted by Gasteiger charge is -2.36. The van der Waals surface area contributed by atoms with E-state index in [-0.39, 0.29) is 11.9 Å². The molecule has 0 bridgehead atoms. The van der Waals surface area contributed by atoms with Gasteiger partial charge in [-0.1, -0.05) is 6.07 Å². The fourth-order valence-electron chi connectivity index (χ4n) is 4.41. The average molecular weight is 367 g/mol. The zero-order valence-electron chi connectivity index (χ0n) is 15.9. The van der Waals surface area contributed by atoms with Crippen molar-refractivity contribution in [3.05, 3.63) is 48.5 Å². The summed E-state index contributed by atoms with van der Waals surface area (Å²) >= 11 is 0. The van der Waals surface area contributed by atoms with E-state index in [2.05, 4.69) is 19.9 Å². The highest BCUT2D eigenvalue weighted by Crippen LogP contribution is 2.29. The first-order valence-corrected chi connectivity index (χ1v) is 10.2. The minimum absolute atomic E-state index is 0.165. The minimum atomic E-state index is -0.165. The van der Waals surface area contributed by atoms with Gasteiger partial charge in [-0.3, -0.25) is 19.4 Å². The summed E-state index contributed by atoms with van der Waals surface area (Å²) in [7, 11) is 0. The molecule has 2 aliphatic heterocycles. The molecule has 2 fully saturated rings. The molecule has 0 spiro atoms. The van der Waals surface area contributed by atoms with E-state index in [0.717, 1.165) is 57.5 Å². The van der Waals surface area contributed by atoms with Gasteiger partial charge in [0.1, 0.15) is 6.04 Å². The van der Waals surface area contributed by atoms with Gasteiger partial charge in [-0.05, 0) is 68.8 Å². The molecular weight excluding hydrogens is 338 g/mol. The van der Waals surface area contributed by atoms with E-state index in [4.69, 9.17) is 0 Å². The summed E-state index contributed by atoms with van der Waals surface area (Å²) in [4.78, 5) is 22.1. The zero-order valence-corrected chi connectivity index (χ0v) is 15.9. The fourth-order valence-corrected chi connectivity index (χ4v) is 4.41. The van der Waals surface area contributed by atoms with Gasteiger partial charge in [-0.15, -0.1) is 0 Å². The van der Waals surface area contributed by atoms with Gasteiger partial charge >= 0.3 is 0 Å². The van der Waals surface area contributed by atoms with Crippen molar-refractivity contribution < 1.29 is 4.79 Å². The van der Waals surface area contributed by atoms with Gasteiger partial charge in [0.05, 0.1) is 0 Å². The van der Waals surface area contributed by atoms with Crippen molar-refractivity contribution >= 4 is 5.91 Å². The Bertz CT molecular complexity index is 703. The van der Waals surface area contributed by atoms with Crippen molar-refractivity contribution in [2.75, 3.05) is 26.2 Å². The van der Waals surface area contributed by atoms with E-state index in [1.54, 1.807) is 6.20 Å². The van der Waals surface area contributed by atoms with Crippen LogP contribution in [-0.2, 0) is 11.3 Å². The van der Waals surface area contributed by atoms with Gasteiger partial charge in [0.15, 0.2) is 0 Å². The lowest BCUT2D eigenvalue weighted by Crippen LogP contribution is -2.45. The number of carbonyl (C=O) groups excluding carboxylic acids is 1. The monoisotopic (exact) mass is 367 g/mol. The summed E-state index contributed by atoms with van der Waals surface area (Å²) in [5.41, 5.74) is 1.03. The molecule has 0 aliphatic carbocycles. The van der Waals surface area contributed by atoms with Crippen LogP contribution in [0.1, 0.15) is 43.7 Å². The van der Waals surface area contributed by atoms with Crippen molar-refractivity contribution in [2.45, 2.75) is 44.7 Å². The maximum absolute atomic E-state index is 13.4. The number of amides is 1. The van der Waals surface area contributed by atoms with Crippen molar-refractivity contribution in [1.29, 1.82) is 0 Å². The van der Waals surface area contributed by atoms with Gasteiger partial charge in [0, 0.05) is 44.4 Å². The fraction of sp³-hybridized carbons (Fsp3) is 0.571. The van der Waals surface area contributed by atoms with Crippen molar-refractivity contribution in [1.82, 2.24) is 24.6 Å². The summed E-state index contributed by atoms with van der Waals surface area (Å²) in [6, 6.07) is 5.79. The molecule has 2 aromatic rings. The third-order valence-corrected chi connectivity index (χ3v) is 5.99. The van der Waals surface area contributed by atoms with Crippen LogP contribution in [0, 0.1) is 5.92 Å². The van der Waals surface area contributed by atoms with E-state index in [0.29, 0.717) is 5.92 Å². The number of piperidine rings is 1. The largest absolute Gasteiger partial charge is 0.341 e. The Balaban J connectivity index is 1.36.